The molecule has 1 aromatic rings. The minimum Gasteiger partial charge on any atom is -0.497 e. The summed E-state index contributed by atoms with van der Waals surface area (Å²) in [5, 5.41) is 8.69. The van der Waals surface area contributed by atoms with Gasteiger partial charge in [0.2, 0.25) is 10.0 Å². The van der Waals surface area contributed by atoms with Gasteiger partial charge in [0, 0.05) is 18.0 Å². The van der Waals surface area contributed by atoms with Crippen molar-refractivity contribution >= 4 is 16.0 Å². The normalized spacial score (nSPS) is 20.8. The molecule has 2 aliphatic carbocycles. The highest BCUT2D eigenvalue weighted by Crippen LogP contribution is 2.49. The summed E-state index contributed by atoms with van der Waals surface area (Å²) >= 11 is 0. The van der Waals surface area contributed by atoms with Gasteiger partial charge in [0.15, 0.2) is 0 Å². The number of aliphatic carboxylic acids is 1. The number of carboxylic acid groups (broad SMARTS) is 1. The van der Waals surface area contributed by atoms with E-state index in [1.54, 1.807) is 7.11 Å². The van der Waals surface area contributed by atoms with E-state index >= 15 is 0 Å². The molecule has 3 rings (SSSR count). The third-order valence-corrected chi connectivity index (χ3v) is 7.30. The molecule has 164 valence electrons. The van der Waals surface area contributed by atoms with Crippen LogP contribution in [0.25, 0.3) is 0 Å². The summed E-state index contributed by atoms with van der Waals surface area (Å²) in [4.78, 5) is 10.6. The number of sulfonamides is 1. The molecule has 0 spiro atoms. The molecule has 1 saturated carbocycles. The number of hydrogen-bond acceptors (Lipinski definition) is 4. The van der Waals surface area contributed by atoms with Gasteiger partial charge in [0.05, 0.1) is 12.9 Å². The van der Waals surface area contributed by atoms with Gasteiger partial charge >= 0.3 is 5.97 Å². The van der Waals surface area contributed by atoms with Gasteiger partial charge in [-0.1, -0.05) is 24.3 Å². The first-order chi connectivity index (χ1) is 14.4. The first-order valence-corrected chi connectivity index (χ1v) is 12.3. The fourth-order valence-electron chi connectivity index (χ4n) is 4.43. The summed E-state index contributed by atoms with van der Waals surface area (Å²) < 4.78 is 33.5. The van der Waals surface area contributed by atoms with Gasteiger partial charge in [-0.05, 0) is 74.1 Å². The first kappa shape index (κ1) is 22.4. The summed E-state index contributed by atoms with van der Waals surface area (Å²) in [5.74, 6) is 0.829. The predicted octanol–water partition coefficient (Wildman–Crippen LogP) is 4.04. The van der Waals surface area contributed by atoms with Crippen molar-refractivity contribution < 1.29 is 23.1 Å². The number of ether oxygens (including phenoxy) is 1. The molecule has 30 heavy (non-hydrogen) atoms. The Morgan fingerprint density at radius 1 is 1.20 bits per heavy atom. The highest BCUT2D eigenvalue weighted by Gasteiger charge is 2.39. The number of hydrogen-bond donors (Lipinski definition) is 2. The van der Waals surface area contributed by atoms with Crippen LogP contribution >= 0.6 is 0 Å². The van der Waals surface area contributed by atoms with Crippen LogP contribution in [0.15, 0.2) is 47.7 Å². The summed E-state index contributed by atoms with van der Waals surface area (Å²) in [6.07, 6.45) is 10.0. The highest BCUT2D eigenvalue weighted by atomic mass is 32.2. The second-order valence-electron chi connectivity index (χ2n) is 8.13. The second-order valence-corrected chi connectivity index (χ2v) is 9.97. The zero-order chi connectivity index (χ0) is 21.6. The SMILES string of the molecule is COc1ccc(CCS(=O)(=O)NC2=C(CC=CCCCC(=O)O)C3CCC2C3)cc1. The minimum absolute atomic E-state index is 0.0541. The lowest BCUT2D eigenvalue weighted by molar-refractivity contribution is -0.137. The third kappa shape index (κ3) is 6.11. The Balaban J connectivity index is 1.58. The third-order valence-electron chi connectivity index (χ3n) is 6.03. The fourth-order valence-corrected chi connectivity index (χ4v) is 5.67. The van der Waals surface area contributed by atoms with Crippen LogP contribution in [-0.2, 0) is 21.2 Å². The van der Waals surface area contributed by atoms with E-state index in [9.17, 15) is 13.2 Å². The van der Waals surface area contributed by atoms with Crippen molar-refractivity contribution in [1.82, 2.24) is 4.72 Å². The molecule has 2 atom stereocenters. The minimum atomic E-state index is -3.41. The molecule has 7 heteroatoms. The monoisotopic (exact) mass is 433 g/mol. The highest BCUT2D eigenvalue weighted by molar-refractivity contribution is 7.89. The molecule has 0 radical (unpaired) electrons. The molecule has 6 nitrogen and oxygen atoms in total. The number of carboxylic acids is 1. The Morgan fingerprint density at radius 3 is 2.63 bits per heavy atom. The summed E-state index contributed by atoms with van der Waals surface area (Å²) in [6, 6.07) is 7.47. The van der Waals surface area contributed by atoms with Crippen LogP contribution in [0.3, 0.4) is 0 Å². The average molecular weight is 434 g/mol. The zero-order valence-corrected chi connectivity index (χ0v) is 18.3. The number of allylic oxidation sites excluding steroid dienone is 4. The van der Waals surface area contributed by atoms with Gasteiger partial charge in [0.1, 0.15) is 5.75 Å². The summed E-state index contributed by atoms with van der Waals surface area (Å²) in [5.41, 5.74) is 3.09. The number of unbranched alkanes of at least 4 members (excludes halogenated alkanes) is 1. The van der Waals surface area contributed by atoms with E-state index in [2.05, 4.69) is 10.8 Å². The van der Waals surface area contributed by atoms with Crippen molar-refractivity contribution in [3.05, 3.63) is 53.3 Å². The lowest BCUT2D eigenvalue weighted by Gasteiger charge is -2.21. The van der Waals surface area contributed by atoms with E-state index in [0.717, 1.165) is 49.1 Å². The predicted molar refractivity (Wildman–Crippen MR) is 117 cm³/mol. The standard InChI is InChI=1S/C23H31NO5S/c1-29-20-12-8-17(9-13-20)14-15-30(27,28)24-23-19-11-10-18(16-19)21(23)6-4-2-3-5-7-22(25)26/h2,4,8-9,12-13,18-19,24H,3,5-7,10-11,14-16H2,1H3,(H,25,26). The van der Waals surface area contributed by atoms with Crippen LogP contribution in [0.2, 0.25) is 0 Å². The average Bonchev–Trinajstić information content (AvgIpc) is 3.31. The van der Waals surface area contributed by atoms with Crippen LogP contribution < -0.4 is 9.46 Å². The zero-order valence-electron chi connectivity index (χ0n) is 17.5. The van der Waals surface area contributed by atoms with Crippen LogP contribution in [-0.4, -0.2) is 32.4 Å². The van der Waals surface area contributed by atoms with Crippen molar-refractivity contribution in [2.45, 2.75) is 51.4 Å². The Bertz CT molecular complexity index is 902. The number of methoxy groups -OCH3 is 1. The van der Waals surface area contributed by atoms with Gasteiger partial charge in [-0.25, -0.2) is 8.42 Å². The molecular weight excluding hydrogens is 402 g/mol. The molecule has 2 N–H and O–H groups in total. The van der Waals surface area contributed by atoms with Crippen molar-refractivity contribution in [3.63, 3.8) is 0 Å². The molecule has 2 unspecified atom stereocenters. The van der Waals surface area contributed by atoms with Gasteiger partial charge in [-0.2, -0.15) is 0 Å². The van der Waals surface area contributed by atoms with E-state index < -0.39 is 16.0 Å². The van der Waals surface area contributed by atoms with E-state index in [4.69, 9.17) is 9.84 Å². The number of benzene rings is 1. The number of nitrogens with one attached hydrogen (secondary N) is 1. The van der Waals surface area contributed by atoms with Gasteiger partial charge in [-0.3, -0.25) is 9.52 Å². The Morgan fingerprint density at radius 2 is 1.93 bits per heavy atom. The van der Waals surface area contributed by atoms with Gasteiger partial charge in [0.25, 0.3) is 0 Å². The molecular formula is C23H31NO5S. The van der Waals surface area contributed by atoms with Crippen LogP contribution in [0, 0.1) is 11.8 Å². The molecule has 1 aromatic carbocycles. The summed E-state index contributed by atoms with van der Waals surface area (Å²) in [7, 11) is -1.81. The Hall–Kier alpha value is -2.28. The number of fused-ring (bicyclic) bond motifs is 2. The molecule has 0 saturated heterocycles. The Kier molecular flexibility index (Phi) is 7.58. The van der Waals surface area contributed by atoms with Gasteiger partial charge < -0.3 is 9.84 Å². The number of carbonyl (C=O) groups is 1. The quantitative estimate of drug-likeness (QED) is 0.383. The van der Waals surface area contributed by atoms with Crippen molar-refractivity contribution in [2.24, 2.45) is 11.8 Å². The maximum Gasteiger partial charge on any atom is 0.303 e. The molecule has 0 aliphatic heterocycles. The second kappa shape index (κ2) is 10.2. The van der Waals surface area contributed by atoms with E-state index in [-0.39, 0.29) is 12.2 Å². The maximum atomic E-state index is 12.7. The first-order valence-electron chi connectivity index (χ1n) is 10.6. The number of rotatable bonds is 12. The van der Waals surface area contributed by atoms with Crippen LogP contribution in [0.5, 0.6) is 5.75 Å². The Labute approximate surface area is 179 Å². The molecule has 0 heterocycles. The molecule has 0 aromatic heterocycles. The topological polar surface area (TPSA) is 92.7 Å². The van der Waals surface area contributed by atoms with Crippen LogP contribution in [0.1, 0.15) is 50.5 Å². The van der Waals surface area contributed by atoms with Crippen molar-refractivity contribution in [3.8, 4) is 5.75 Å². The molecule has 2 bridgehead atoms. The van der Waals surface area contributed by atoms with E-state index in [0.29, 0.717) is 24.7 Å². The smallest absolute Gasteiger partial charge is 0.303 e. The van der Waals surface area contributed by atoms with E-state index in [1.165, 1.54) is 5.57 Å². The summed E-state index contributed by atoms with van der Waals surface area (Å²) in [6.45, 7) is 0. The largest absolute Gasteiger partial charge is 0.497 e. The molecule has 0 amide bonds. The van der Waals surface area contributed by atoms with Crippen LogP contribution in [0.4, 0.5) is 0 Å². The lowest BCUT2D eigenvalue weighted by atomic mass is 9.93. The van der Waals surface area contributed by atoms with Crippen molar-refractivity contribution in [1.29, 1.82) is 0 Å². The van der Waals surface area contributed by atoms with Crippen molar-refractivity contribution in [2.75, 3.05) is 12.9 Å². The molecule has 1 fully saturated rings. The number of aryl methyl sites for hydroxylation is 1. The molecule has 2 aliphatic rings. The maximum absolute atomic E-state index is 12.7. The van der Waals surface area contributed by atoms with Gasteiger partial charge in [-0.15, -0.1) is 0 Å². The van der Waals surface area contributed by atoms with E-state index in [1.807, 2.05) is 30.3 Å². The fraction of sp³-hybridized carbons (Fsp3) is 0.522. The lowest BCUT2D eigenvalue weighted by Crippen LogP contribution is -2.30.